The summed E-state index contributed by atoms with van der Waals surface area (Å²) in [6.45, 7) is 11.9. The van der Waals surface area contributed by atoms with Crippen molar-refractivity contribution >= 4 is 11.6 Å². The molecule has 1 heterocycles. The number of hydrogen-bond acceptors (Lipinski definition) is 5. The van der Waals surface area contributed by atoms with Gasteiger partial charge in [-0.3, -0.25) is 0 Å². The summed E-state index contributed by atoms with van der Waals surface area (Å²) in [5.74, 6) is 7.78. The molecule has 0 bridgehead atoms. The van der Waals surface area contributed by atoms with Crippen molar-refractivity contribution in [2.45, 2.75) is 53.5 Å². The van der Waals surface area contributed by atoms with E-state index in [0.29, 0.717) is 17.8 Å². The number of rotatable bonds is 7. The molecular weight excluding hydrogens is 238 g/mol. The van der Waals surface area contributed by atoms with E-state index in [2.05, 4.69) is 48.0 Å². The van der Waals surface area contributed by atoms with Crippen LogP contribution in [0.25, 0.3) is 0 Å². The molecule has 5 nitrogen and oxygen atoms in total. The van der Waals surface area contributed by atoms with Crippen LogP contribution in [0.4, 0.5) is 11.6 Å². The van der Waals surface area contributed by atoms with Gasteiger partial charge in [0, 0.05) is 18.2 Å². The van der Waals surface area contributed by atoms with E-state index in [1.165, 1.54) is 0 Å². The maximum absolute atomic E-state index is 5.50. The average Bonchev–Trinajstić information content (AvgIpc) is 2.39. The van der Waals surface area contributed by atoms with Crippen LogP contribution in [0.15, 0.2) is 6.33 Å². The molecule has 0 aliphatic carbocycles. The van der Waals surface area contributed by atoms with Crippen molar-refractivity contribution in [3.8, 4) is 0 Å². The molecule has 0 aliphatic rings. The minimum Gasteiger partial charge on any atom is -0.353 e. The Balaban J connectivity index is 3.16. The second-order valence-corrected chi connectivity index (χ2v) is 5.33. The molecule has 0 saturated heterocycles. The second kappa shape index (κ2) is 7.28. The van der Waals surface area contributed by atoms with Crippen LogP contribution in [-0.2, 0) is 0 Å². The van der Waals surface area contributed by atoms with Crippen LogP contribution in [0.3, 0.4) is 0 Å². The number of hydrogen-bond donors (Lipinski definition) is 2. The fraction of sp³-hybridized carbons (Fsp3) is 0.714. The Morgan fingerprint density at radius 2 is 1.89 bits per heavy atom. The lowest BCUT2D eigenvalue weighted by molar-refractivity contribution is 0.502. The molecule has 0 saturated carbocycles. The van der Waals surface area contributed by atoms with Gasteiger partial charge in [-0.05, 0) is 25.7 Å². The number of aromatic nitrogens is 2. The lowest BCUT2D eigenvalue weighted by atomic mass is 10.1. The third-order valence-corrected chi connectivity index (χ3v) is 3.41. The van der Waals surface area contributed by atoms with Crippen molar-refractivity contribution in [3.05, 3.63) is 11.9 Å². The number of nitrogens with two attached hydrogens (primary N) is 1. The maximum atomic E-state index is 5.50. The Morgan fingerprint density at radius 1 is 1.26 bits per heavy atom. The topological polar surface area (TPSA) is 67.1 Å². The molecule has 0 fully saturated rings. The highest BCUT2D eigenvalue weighted by atomic mass is 15.3. The van der Waals surface area contributed by atoms with Gasteiger partial charge in [-0.1, -0.05) is 27.7 Å². The first-order valence-corrected chi connectivity index (χ1v) is 7.09. The number of nitrogen functional groups attached to an aromatic ring is 1. The SMILES string of the molecule is CCC(CC)N(CC(C)C)c1ncnc(NN)c1C. The normalized spacial score (nSPS) is 11.2. The first-order valence-electron chi connectivity index (χ1n) is 7.09. The molecule has 19 heavy (non-hydrogen) atoms. The summed E-state index contributed by atoms with van der Waals surface area (Å²) < 4.78 is 0. The summed E-state index contributed by atoms with van der Waals surface area (Å²) in [6, 6.07) is 0.502. The first-order chi connectivity index (χ1) is 9.04. The Labute approximate surface area is 116 Å². The quantitative estimate of drug-likeness (QED) is 0.586. The van der Waals surface area contributed by atoms with Crippen molar-refractivity contribution in [1.29, 1.82) is 0 Å². The predicted octanol–water partition coefficient (Wildman–Crippen LogP) is 2.72. The van der Waals surface area contributed by atoms with Crippen LogP contribution in [-0.4, -0.2) is 22.6 Å². The third-order valence-electron chi connectivity index (χ3n) is 3.41. The van der Waals surface area contributed by atoms with Crippen LogP contribution in [0.1, 0.15) is 46.1 Å². The number of hydrazine groups is 1. The van der Waals surface area contributed by atoms with Crippen molar-refractivity contribution in [2.75, 3.05) is 16.9 Å². The molecule has 1 aromatic rings. The summed E-state index contributed by atoms with van der Waals surface area (Å²) >= 11 is 0. The Kier molecular flexibility index (Phi) is 6.02. The number of nitrogens with one attached hydrogen (secondary N) is 1. The summed E-state index contributed by atoms with van der Waals surface area (Å²) in [5, 5.41) is 0. The largest absolute Gasteiger partial charge is 0.353 e. The molecule has 0 amide bonds. The van der Waals surface area contributed by atoms with E-state index in [0.717, 1.165) is 30.8 Å². The van der Waals surface area contributed by atoms with E-state index in [9.17, 15) is 0 Å². The van der Waals surface area contributed by atoms with E-state index in [1.807, 2.05) is 6.92 Å². The second-order valence-electron chi connectivity index (χ2n) is 5.33. The van der Waals surface area contributed by atoms with Crippen molar-refractivity contribution < 1.29 is 0 Å². The highest BCUT2D eigenvalue weighted by molar-refractivity contribution is 5.57. The lowest BCUT2D eigenvalue weighted by Gasteiger charge is -2.34. The molecule has 1 rings (SSSR count). The van der Waals surface area contributed by atoms with Crippen molar-refractivity contribution in [3.63, 3.8) is 0 Å². The fourth-order valence-corrected chi connectivity index (χ4v) is 2.41. The highest BCUT2D eigenvalue weighted by Gasteiger charge is 2.21. The van der Waals surface area contributed by atoms with Gasteiger partial charge < -0.3 is 10.3 Å². The van der Waals surface area contributed by atoms with Crippen LogP contribution in [0.5, 0.6) is 0 Å². The molecule has 0 aliphatic heterocycles. The molecule has 0 unspecified atom stereocenters. The molecule has 108 valence electrons. The fourth-order valence-electron chi connectivity index (χ4n) is 2.41. The number of nitrogens with zero attached hydrogens (tertiary/aromatic N) is 3. The van der Waals surface area contributed by atoms with Gasteiger partial charge in [0.2, 0.25) is 0 Å². The van der Waals surface area contributed by atoms with E-state index in [-0.39, 0.29) is 0 Å². The van der Waals surface area contributed by atoms with Crippen LogP contribution < -0.4 is 16.2 Å². The van der Waals surface area contributed by atoms with Gasteiger partial charge in [0.1, 0.15) is 18.0 Å². The van der Waals surface area contributed by atoms with Crippen LogP contribution in [0.2, 0.25) is 0 Å². The van der Waals surface area contributed by atoms with Gasteiger partial charge in [-0.15, -0.1) is 0 Å². The molecule has 5 heteroatoms. The minimum absolute atomic E-state index is 0.502. The van der Waals surface area contributed by atoms with Gasteiger partial charge in [0.05, 0.1) is 0 Å². The van der Waals surface area contributed by atoms with Crippen LogP contribution >= 0.6 is 0 Å². The molecule has 1 aromatic heterocycles. The van der Waals surface area contributed by atoms with Crippen molar-refractivity contribution in [1.82, 2.24) is 9.97 Å². The zero-order valence-electron chi connectivity index (χ0n) is 12.8. The smallest absolute Gasteiger partial charge is 0.148 e. The Bertz CT molecular complexity index is 387. The molecule has 3 N–H and O–H groups in total. The van der Waals surface area contributed by atoms with Gasteiger partial charge in [-0.2, -0.15) is 0 Å². The molecule has 0 aromatic carbocycles. The highest BCUT2D eigenvalue weighted by Crippen LogP contribution is 2.26. The number of anilines is 2. The molecule has 0 atom stereocenters. The van der Waals surface area contributed by atoms with E-state index in [1.54, 1.807) is 6.33 Å². The van der Waals surface area contributed by atoms with Gasteiger partial charge in [-0.25, -0.2) is 15.8 Å². The maximum Gasteiger partial charge on any atom is 0.148 e. The van der Waals surface area contributed by atoms with E-state index in [4.69, 9.17) is 5.84 Å². The zero-order valence-corrected chi connectivity index (χ0v) is 12.8. The van der Waals surface area contributed by atoms with Gasteiger partial charge >= 0.3 is 0 Å². The monoisotopic (exact) mass is 265 g/mol. The molecule has 0 radical (unpaired) electrons. The summed E-state index contributed by atoms with van der Waals surface area (Å²) in [6.07, 6.45) is 3.79. The molecule has 0 spiro atoms. The minimum atomic E-state index is 0.502. The zero-order chi connectivity index (χ0) is 14.4. The third kappa shape index (κ3) is 3.80. The Hall–Kier alpha value is -1.36. The van der Waals surface area contributed by atoms with Gasteiger partial charge in [0.25, 0.3) is 0 Å². The van der Waals surface area contributed by atoms with Crippen LogP contribution in [0, 0.1) is 12.8 Å². The van der Waals surface area contributed by atoms with Gasteiger partial charge in [0.15, 0.2) is 0 Å². The molecular formula is C14H27N5. The average molecular weight is 265 g/mol. The standard InChI is InChI=1S/C14H27N5/c1-6-12(7-2)19(8-10(3)4)14-11(5)13(18-15)16-9-17-14/h9-10,12H,6-8,15H2,1-5H3,(H,16,17,18). The Morgan fingerprint density at radius 3 is 2.37 bits per heavy atom. The first kappa shape index (κ1) is 15.7. The van der Waals surface area contributed by atoms with E-state index >= 15 is 0 Å². The predicted molar refractivity (Wildman–Crippen MR) is 81.1 cm³/mol. The van der Waals surface area contributed by atoms with Crippen molar-refractivity contribution in [2.24, 2.45) is 11.8 Å². The lowest BCUT2D eigenvalue weighted by Crippen LogP contribution is -2.38. The summed E-state index contributed by atoms with van der Waals surface area (Å²) in [4.78, 5) is 11.0. The summed E-state index contributed by atoms with van der Waals surface area (Å²) in [7, 11) is 0. The summed E-state index contributed by atoms with van der Waals surface area (Å²) in [5.41, 5.74) is 3.65. The van der Waals surface area contributed by atoms with E-state index < -0.39 is 0 Å².